The fourth-order valence-electron chi connectivity index (χ4n) is 4.60. The van der Waals surface area contributed by atoms with E-state index < -0.39 is 50.8 Å². The summed E-state index contributed by atoms with van der Waals surface area (Å²) in [6.07, 6.45) is -4.44. The van der Waals surface area contributed by atoms with Gasteiger partial charge in [0.05, 0.1) is 46.6 Å². The molecule has 248 valence electrons. The number of benzene rings is 4. The van der Waals surface area contributed by atoms with Crippen LogP contribution in [0.25, 0.3) is 0 Å². The second-order valence-electron chi connectivity index (χ2n) is 10.3. The van der Waals surface area contributed by atoms with E-state index in [1.807, 2.05) is 6.07 Å². The van der Waals surface area contributed by atoms with Crippen LogP contribution >= 0.6 is 11.6 Å². The molecule has 0 unspecified atom stereocenters. The first kappa shape index (κ1) is 35.1. The SMILES string of the molecule is COc1ccc(CCNC(=O)c2ccccc2NC(=O)CN(c2ccc(Cl)c(C(F)(F)F)c2)S(=O)(=O)c2ccc(C)cc2)cc1OC. The fraction of sp³-hybridized carbons (Fsp3) is 0.212. The second kappa shape index (κ2) is 14.8. The van der Waals surface area contributed by atoms with E-state index in [2.05, 4.69) is 10.6 Å². The summed E-state index contributed by atoms with van der Waals surface area (Å²) in [5, 5.41) is 4.68. The number of anilines is 2. The number of methoxy groups -OCH3 is 2. The third-order valence-electron chi connectivity index (χ3n) is 7.03. The Kier molecular flexibility index (Phi) is 11.0. The molecule has 0 aromatic heterocycles. The van der Waals surface area contributed by atoms with Crippen LogP contribution in [0, 0.1) is 6.92 Å². The molecule has 14 heteroatoms. The maximum atomic E-state index is 13.7. The average molecular weight is 690 g/mol. The second-order valence-corrected chi connectivity index (χ2v) is 12.5. The zero-order valence-electron chi connectivity index (χ0n) is 25.5. The Labute approximate surface area is 275 Å². The molecule has 47 heavy (non-hydrogen) atoms. The molecular formula is C33H31ClF3N3O6S. The predicted octanol–water partition coefficient (Wildman–Crippen LogP) is 6.49. The minimum absolute atomic E-state index is 0.0703. The molecule has 0 radical (unpaired) electrons. The number of sulfonamides is 1. The molecule has 4 aromatic rings. The van der Waals surface area contributed by atoms with E-state index in [9.17, 15) is 31.2 Å². The summed E-state index contributed by atoms with van der Waals surface area (Å²) in [4.78, 5) is 26.2. The molecule has 0 saturated carbocycles. The highest BCUT2D eigenvalue weighted by Crippen LogP contribution is 2.38. The van der Waals surface area contributed by atoms with Gasteiger partial charge in [-0.3, -0.25) is 13.9 Å². The zero-order valence-corrected chi connectivity index (χ0v) is 27.1. The number of nitrogens with zero attached hydrogens (tertiary/aromatic N) is 1. The van der Waals surface area contributed by atoms with Crippen molar-refractivity contribution in [2.75, 3.05) is 36.9 Å². The van der Waals surface area contributed by atoms with Crippen molar-refractivity contribution in [2.24, 2.45) is 0 Å². The summed E-state index contributed by atoms with van der Waals surface area (Å²) in [6.45, 7) is 1.06. The summed E-state index contributed by atoms with van der Waals surface area (Å²) < 4.78 is 79.6. The lowest BCUT2D eigenvalue weighted by Gasteiger charge is -2.25. The largest absolute Gasteiger partial charge is 0.493 e. The number of amides is 2. The van der Waals surface area contributed by atoms with Crippen molar-refractivity contribution < 1.29 is 40.7 Å². The molecule has 0 fully saturated rings. The van der Waals surface area contributed by atoms with Crippen molar-refractivity contribution in [1.29, 1.82) is 0 Å². The van der Waals surface area contributed by atoms with E-state index in [-0.39, 0.29) is 22.7 Å². The zero-order chi connectivity index (χ0) is 34.4. The highest BCUT2D eigenvalue weighted by molar-refractivity contribution is 7.92. The van der Waals surface area contributed by atoms with Gasteiger partial charge in [0, 0.05) is 6.54 Å². The molecule has 0 bridgehead atoms. The standard InChI is InChI=1S/C33H31ClF3N3O6S/c1-21-8-12-24(13-9-21)47(43,44)40(23-11-14-27(34)26(19-23)33(35,36)37)20-31(41)39-28-7-5-4-6-25(28)32(42)38-17-16-22-10-15-29(45-2)30(18-22)46-3/h4-15,18-19H,16-17,20H2,1-3H3,(H,38,42)(H,39,41). The summed E-state index contributed by atoms with van der Waals surface area (Å²) in [5.41, 5.74) is 0.0794. The van der Waals surface area contributed by atoms with Gasteiger partial charge < -0.3 is 20.1 Å². The van der Waals surface area contributed by atoms with E-state index in [1.54, 1.807) is 31.2 Å². The third kappa shape index (κ3) is 8.54. The predicted molar refractivity (Wildman–Crippen MR) is 173 cm³/mol. The van der Waals surface area contributed by atoms with Crippen LogP contribution in [-0.4, -0.2) is 47.5 Å². The van der Waals surface area contributed by atoms with Gasteiger partial charge >= 0.3 is 6.18 Å². The minimum atomic E-state index is -4.89. The Balaban J connectivity index is 1.56. The van der Waals surface area contributed by atoms with Crippen molar-refractivity contribution in [3.05, 3.63) is 112 Å². The van der Waals surface area contributed by atoms with Crippen LogP contribution in [0.4, 0.5) is 24.5 Å². The number of ether oxygens (including phenoxy) is 2. The number of alkyl halides is 3. The molecule has 4 aromatic carbocycles. The maximum Gasteiger partial charge on any atom is 0.417 e. The van der Waals surface area contributed by atoms with Gasteiger partial charge in [0.1, 0.15) is 6.54 Å². The number of hydrogen-bond acceptors (Lipinski definition) is 6. The van der Waals surface area contributed by atoms with Gasteiger partial charge in [0.2, 0.25) is 5.91 Å². The van der Waals surface area contributed by atoms with Crippen LogP contribution in [0.15, 0.2) is 89.8 Å². The van der Waals surface area contributed by atoms with Crippen molar-refractivity contribution in [2.45, 2.75) is 24.4 Å². The molecule has 2 amide bonds. The molecule has 0 heterocycles. The topological polar surface area (TPSA) is 114 Å². The van der Waals surface area contributed by atoms with Gasteiger partial charge in [-0.15, -0.1) is 0 Å². The number of halogens is 4. The molecule has 2 N–H and O–H groups in total. The van der Waals surface area contributed by atoms with Crippen LogP contribution in [0.2, 0.25) is 5.02 Å². The van der Waals surface area contributed by atoms with Gasteiger partial charge in [-0.2, -0.15) is 13.2 Å². The van der Waals surface area contributed by atoms with Gasteiger partial charge in [-0.1, -0.05) is 47.5 Å². The third-order valence-corrected chi connectivity index (χ3v) is 9.15. The summed E-state index contributed by atoms with van der Waals surface area (Å²) in [6, 6.07) is 19.6. The number of para-hydroxylation sites is 1. The van der Waals surface area contributed by atoms with Crippen molar-refractivity contribution >= 4 is 44.8 Å². The van der Waals surface area contributed by atoms with E-state index in [0.717, 1.165) is 23.3 Å². The molecule has 9 nitrogen and oxygen atoms in total. The minimum Gasteiger partial charge on any atom is -0.493 e. The van der Waals surface area contributed by atoms with Gasteiger partial charge in [0.15, 0.2) is 11.5 Å². The van der Waals surface area contributed by atoms with E-state index >= 15 is 0 Å². The van der Waals surface area contributed by atoms with E-state index in [1.165, 1.54) is 50.6 Å². The maximum absolute atomic E-state index is 13.7. The Morgan fingerprint density at radius 3 is 2.23 bits per heavy atom. The van der Waals surface area contributed by atoms with Crippen LogP contribution in [0.3, 0.4) is 0 Å². The van der Waals surface area contributed by atoms with Crippen LogP contribution in [-0.2, 0) is 27.4 Å². The smallest absolute Gasteiger partial charge is 0.417 e. The summed E-state index contributed by atoms with van der Waals surface area (Å²) in [7, 11) is -1.50. The molecular weight excluding hydrogens is 659 g/mol. The number of carbonyl (C=O) groups excluding carboxylic acids is 2. The van der Waals surface area contributed by atoms with E-state index in [4.69, 9.17) is 21.1 Å². The van der Waals surface area contributed by atoms with Crippen LogP contribution in [0.5, 0.6) is 11.5 Å². The van der Waals surface area contributed by atoms with Crippen LogP contribution < -0.4 is 24.4 Å². The lowest BCUT2D eigenvalue weighted by atomic mass is 10.1. The number of hydrogen-bond donors (Lipinski definition) is 2. The lowest BCUT2D eigenvalue weighted by Crippen LogP contribution is -2.38. The van der Waals surface area contributed by atoms with Gasteiger partial charge in [-0.25, -0.2) is 8.42 Å². The first-order valence-corrected chi connectivity index (χ1v) is 15.9. The summed E-state index contributed by atoms with van der Waals surface area (Å²) in [5.74, 6) is -0.323. The Morgan fingerprint density at radius 2 is 1.57 bits per heavy atom. The Hall–Kier alpha value is -4.75. The van der Waals surface area contributed by atoms with Gasteiger partial charge in [0.25, 0.3) is 15.9 Å². The number of rotatable bonds is 12. The highest BCUT2D eigenvalue weighted by Gasteiger charge is 2.35. The summed E-state index contributed by atoms with van der Waals surface area (Å²) >= 11 is 5.78. The number of carbonyl (C=O) groups is 2. The van der Waals surface area contributed by atoms with Crippen LogP contribution in [0.1, 0.15) is 27.0 Å². The molecule has 0 aliphatic rings. The lowest BCUT2D eigenvalue weighted by molar-refractivity contribution is -0.137. The fourth-order valence-corrected chi connectivity index (χ4v) is 6.24. The normalized spacial score (nSPS) is 11.5. The van der Waals surface area contributed by atoms with E-state index in [0.29, 0.717) is 28.3 Å². The van der Waals surface area contributed by atoms with Crippen molar-refractivity contribution in [3.8, 4) is 11.5 Å². The quantitative estimate of drug-likeness (QED) is 0.176. The first-order chi connectivity index (χ1) is 22.2. The number of nitrogens with one attached hydrogen (secondary N) is 2. The molecule has 0 aliphatic carbocycles. The number of aryl methyl sites for hydroxylation is 1. The van der Waals surface area contributed by atoms with Crippen molar-refractivity contribution in [1.82, 2.24) is 5.32 Å². The molecule has 0 spiro atoms. The van der Waals surface area contributed by atoms with Crippen molar-refractivity contribution in [3.63, 3.8) is 0 Å². The highest BCUT2D eigenvalue weighted by atomic mass is 35.5. The Bertz CT molecular complexity index is 1870. The first-order valence-electron chi connectivity index (χ1n) is 14.1. The Morgan fingerprint density at radius 1 is 0.894 bits per heavy atom. The average Bonchev–Trinajstić information content (AvgIpc) is 3.03. The molecule has 0 atom stereocenters. The van der Waals surface area contributed by atoms with Gasteiger partial charge in [-0.05, 0) is 73.5 Å². The molecule has 0 aliphatic heterocycles. The molecule has 4 rings (SSSR count). The molecule has 0 saturated heterocycles. The monoisotopic (exact) mass is 689 g/mol.